The van der Waals surface area contributed by atoms with E-state index in [1.807, 2.05) is 23.9 Å². The average molecular weight is 499 g/mol. The van der Waals surface area contributed by atoms with E-state index in [2.05, 4.69) is 10.2 Å². The Bertz CT molecular complexity index is 1050. The van der Waals surface area contributed by atoms with Crippen LogP contribution in [0.4, 0.5) is 11.4 Å². The van der Waals surface area contributed by atoms with Gasteiger partial charge in [0.15, 0.2) is 5.69 Å². The lowest BCUT2D eigenvalue weighted by Gasteiger charge is -2.31. The average Bonchev–Trinajstić information content (AvgIpc) is 2.76. The molecule has 0 radical (unpaired) electrons. The number of rotatable bonds is 8. The first-order valence-electron chi connectivity index (χ1n) is 12.0. The summed E-state index contributed by atoms with van der Waals surface area (Å²) >= 11 is 0. The van der Waals surface area contributed by atoms with Crippen molar-refractivity contribution in [2.24, 2.45) is 16.0 Å². The van der Waals surface area contributed by atoms with Gasteiger partial charge in [-0.1, -0.05) is 0 Å². The van der Waals surface area contributed by atoms with Crippen molar-refractivity contribution in [1.29, 1.82) is 0 Å². The van der Waals surface area contributed by atoms with Gasteiger partial charge in [0.05, 0.1) is 6.04 Å². The van der Waals surface area contributed by atoms with Crippen molar-refractivity contribution >= 4 is 21.5 Å². The van der Waals surface area contributed by atoms with Gasteiger partial charge in [-0.3, -0.25) is 13.9 Å². The van der Waals surface area contributed by atoms with E-state index >= 15 is 0 Å². The van der Waals surface area contributed by atoms with E-state index in [1.54, 1.807) is 6.92 Å². The van der Waals surface area contributed by atoms with E-state index in [9.17, 15) is 22.9 Å². The SMILES string of the molecule is Cc1c(N=NC2CCC(N)CC2S(=O)(=O)O)c(O)n(CCCN(C)C)c(=O)c1N1CCCCC1. The molecular weight excluding hydrogens is 460 g/mol. The highest BCUT2D eigenvalue weighted by molar-refractivity contribution is 7.86. The molecule has 1 saturated carbocycles. The predicted octanol–water partition coefficient (Wildman–Crippen LogP) is 2.02. The Morgan fingerprint density at radius 3 is 2.47 bits per heavy atom. The number of azo groups is 1. The maximum absolute atomic E-state index is 13.4. The van der Waals surface area contributed by atoms with Gasteiger partial charge >= 0.3 is 0 Å². The van der Waals surface area contributed by atoms with Gasteiger partial charge in [-0.2, -0.15) is 13.5 Å². The third kappa shape index (κ3) is 6.15. The first kappa shape index (κ1) is 26.6. The van der Waals surface area contributed by atoms with Crippen LogP contribution in [-0.2, 0) is 16.7 Å². The molecular formula is C22H38N6O5S. The zero-order chi connectivity index (χ0) is 25.0. The fourth-order valence-electron chi connectivity index (χ4n) is 4.88. The maximum Gasteiger partial charge on any atom is 0.277 e. The quantitative estimate of drug-likeness (QED) is 0.363. The second-order valence-electron chi connectivity index (χ2n) is 9.72. The van der Waals surface area contributed by atoms with Gasteiger partial charge in [0, 0.05) is 31.2 Å². The van der Waals surface area contributed by atoms with Crippen molar-refractivity contribution in [3.05, 3.63) is 15.9 Å². The Morgan fingerprint density at radius 1 is 1.18 bits per heavy atom. The van der Waals surface area contributed by atoms with Gasteiger partial charge < -0.3 is 20.6 Å². The molecule has 0 spiro atoms. The molecule has 0 amide bonds. The molecule has 1 aliphatic carbocycles. The second-order valence-corrected chi connectivity index (χ2v) is 11.4. The van der Waals surface area contributed by atoms with Crippen LogP contribution in [0.15, 0.2) is 15.0 Å². The number of nitrogens with two attached hydrogens (primary N) is 1. The first-order chi connectivity index (χ1) is 16.0. The highest BCUT2D eigenvalue weighted by Crippen LogP contribution is 2.37. The van der Waals surface area contributed by atoms with Gasteiger partial charge in [-0.05, 0) is 72.5 Å². The molecule has 1 saturated heterocycles. The number of hydrogen-bond acceptors (Lipinski definition) is 9. The highest BCUT2D eigenvalue weighted by atomic mass is 32.2. The van der Waals surface area contributed by atoms with Crippen molar-refractivity contribution < 1.29 is 18.1 Å². The summed E-state index contributed by atoms with van der Waals surface area (Å²) in [5.41, 5.74) is 6.85. The van der Waals surface area contributed by atoms with Crippen LogP contribution >= 0.6 is 0 Å². The minimum Gasteiger partial charge on any atom is -0.493 e. The van der Waals surface area contributed by atoms with Crippen molar-refractivity contribution in [1.82, 2.24) is 9.47 Å². The van der Waals surface area contributed by atoms with Gasteiger partial charge in [0.2, 0.25) is 5.88 Å². The smallest absolute Gasteiger partial charge is 0.277 e. The van der Waals surface area contributed by atoms with Crippen LogP contribution in [0.3, 0.4) is 0 Å². The number of pyridine rings is 1. The Balaban J connectivity index is 2.03. The predicted molar refractivity (Wildman–Crippen MR) is 132 cm³/mol. The maximum atomic E-state index is 13.4. The molecule has 12 heteroatoms. The van der Waals surface area contributed by atoms with Crippen LogP contribution in [0.25, 0.3) is 0 Å². The molecule has 0 bridgehead atoms. The summed E-state index contributed by atoms with van der Waals surface area (Å²) in [4.78, 5) is 17.5. The summed E-state index contributed by atoms with van der Waals surface area (Å²) in [6, 6.07) is -1.11. The lowest BCUT2D eigenvalue weighted by Crippen LogP contribution is -2.43. The molecule has 3 atom stereocenters. The van der Waals surface area contributed by atoms with E-state index < -0.39 is 21.4 Å². The molecule has 3 unspecified atom stereocenters. The van der Waals surface area contributed by atoms with Crippen molar-refractivity contribution in [3.8, 4) is 5.88 Å². The number of anilines is 1. The fraction of sp³-hybridized carbons (Fsp3) is 0.773. The van der Waals surface area contributed by atoms with E-state index in [4.69, 9.17) is 5.73 Å². The summed E-state index contributed by atoms with van der Waals surface area (Å²) < 4.78 is 34.8. The summed E-state index contributed by atoms with van der Waals surface area (Å²) in [5, 5.41) is 18.4. The van der Waals surface area contributed by atoms with E-state index in [-0.39, 0.29) is 29.6 Å². The van der Waals surface area contributed by atoms with Gasteiger partial charge in [0.25, 0.3) is 15.7 Å². The van der Waals surface area contributed by atoms with E-state index in [0.717, 1.165) is 38.9 Å². The minimum absolute atomic E-state index is 0.0938. The van der Waals surface area contributed by atoms with Crippen LogP contribution in [0.1, 0.15) is 50.5 Å². The summed E-state index contributed by atoms with van der Waals surface area (Å²) in [6.45, 7) is 4.30. The lowest BCUT2D eigenvalue weighted by molar-refractivity contribution is 0.357. The number of piperidine rings is 1. The zero-order valence-electron chi connectivity index (χ0n) is 20.4. The van der Waals surface area contributed by atoms with Crippen molar-refractivity contribution in [2.45, 2.75) is 75.7 Å². The Morgan fingerprint density at radius 2 is 1.85 bits per heavy atom. The molecule has 0 aromatic carbocycles. The third-order valence-corrected chi connectivity index (χ3v) is 8.04. The molecule has 2 aliphatic rings. The lowest BCUT2D eigenvalue weighted by atomic mass is 9.92. The largest absolute Gasteiger partial charge is 0.493 e. The Labute approximate surface area is 201 Å². The van der Waals surface area contributed by atoms with Gasteiger partial charge in [0.1, 0.15) is 10.9 Å². The fourth-order valence-corrected chi connectivity index (χ4v) is 5.96. The molecule has 1 aromatic rings. The Hall–Kier alpha value is -2.02. The number of nitrogens with zero attached hydrogens (tertiary/aromatic N) is 5. The number of aromatic hydroxyl groups is 1. The molecule has 11 nitrogen and oxygen atoms in total. The Kier molecular flexibility index (Phi) is 8.72. The molecule has 1 aromatic heterocycles. The van der Waals surface area contributed by atoms with Crippen molar-refractivity contribution in [2.75, 3.05) is 38.6 Å². The van der Waals surface area contributed by atoms with Crippen LogP contribution in [0, 0.1) is 6.92 Å². The normalized spacial score (nSPS) is 24.3. The molecule has 34 heavy (non-hydrogen) atoms. The van der Waals surface area contributed by atoms with Gasteiger partial charge in [-0.15, -0.1) is 5.11 Å². The van der Waals surface area contributed by atoms with Crippen LogP contribution in [-0.4, -0.2) is 78.6 Å². The molecule has 192 valence electrons. The van der Waals surface area contributed by atoms with Crippen molar-refractivity contribution in [3.63, 3.8) is 0 Å². The number of aromatic nitrogens is 1. The third-order valence-electron chi connectivity index (χ3n) is 6.77. The molecule has 2 heterocycles. The van der Waals surface area contributed by atoms with Crippen LogP contribution in [0.2, 0.25) is 0 Å². The second kappa shape index (κ2) is 11.1. The monoisotopic (exact) mass is 498 g/mol. The molecule has 3 rings (SSSR count). The zero-order valence-corrected chi connectivity index (χ0v) is 21.2. The van der Waals surface area contributed by atoms with Crippen LogP contribution in [0.5, 0.6) is 5.88 Å². The summed E-state index contributed by atoms with van der Waals surface area (Å²) in [5.74, 6) is -0.276. The highest BCUT2D eigenvalue weighted by Gasteiger charge is 2.38. The molecule has 2 fully saturated rings. The topological polar surface area (TPSA) is 154 Å². The van der Waals surface area contributed by atoms with E-state index in [1.165, 1.54) is 4.57 Å². The minimum atomic E-state index is -4.36. The first-order valence-corrected chi connectivity index (χ1v) is 13.5. The standard InChI is InChI=1S/C22H38N6O5S/c1-15-19(25-24-17-9-8-16(23)14-18(17)34(31,32)33)21(29)28(13-7-10-26(2)3)22(30)20(15)27-11-5-4-6-12-27/h16-18,29H,4-14,23H2,1-3H3,(H,31,32,33). The molecule has 4 N–H and O–H groups in total. The summed E-state index contributed by atoms with van der Waals surface area (Å²) in [6.07, 6.45) is 4.74. The van der Waals surface area contributed by atoms with Crippen LogP contribution < -0.4 is 16.2 Å². The summed E-state index contributed by atoms with van der Waals surface area (Å²) in [7, 11) is -0.472. The van der Waals surface area contributed by atoms with Gasteiger partial charge in [-0.25, -0.2) is 0 Å². The number of hydrogen-bond donors (Lipinski definition) is 3. The molecule has 1 aliphatic heterocycles. The van der Waals surface area contributed by atoms with E-state index in [0.29, 0.717) is 37.1 Å².